The van der Waals surface area contributed by atoms with Crippen molar-refractivity contribution in [2.24, 2.45) is 5.92 Å². The Morgan fingerprint density at radius 3 is 2.83 bits per heavy atom. The predicted octanol–water partition coefficient (Wildman–Crippen LogP) is 4.01. The molecule has 3 heteroatoms. The van der Waals surface area contributed by atoms with Crippen LogP contribution in [0, 0.1) is 11.7 Å². The van der Waals surface area contributed by atoms with Gasteiger partial charge in [-0.15, -0.1) is 0 Å². The molecule has 0 saturated carbocycles. The summed E-state index contributed by atoms with van der Waals surface area (Å²) in [5, 5.41) is 3.50. The highest BCUT2D eigenvalue weighted by Crippen LogP contribution is 2.31. The van der Waals surface area contributed by atoms with E-state index in [1.807, 2.05) is 12.1 Å². The molecule has 18 heavy (non-hydrogen) atoms. The van der Waals surface area contributed by atoms with Gasteiger partial charge in [0, 0.05) is 6.04 Å². The van der Waals surface area contributed by atoms with Crippen LogP contribution in [0.2, 0.25) is 0 Å². The monoisotopic (exact) mass is 267 g/mol. The van der Waals surface area contributed by atoms with Gasteiger partial charge in [-0.2, -0.15) is 11.8 Å². The van der Waals surface area contributed by atoms with Gasteiger partial charge in [0.15, 0.2) is 0 Å². The van der Waals surface area contributed by atoms with Gasteiger partial charge in [0.05, 0.1) is 0 Å². The molecule has 1 aromatic rings. The molecule has 0 aliphatic carbocycles. The highest BCUT2D eigenvalue weighted by atomic mass is 32.2. The van der Waals surface area contributed by atoms with E-state index in [1.54, 1.807) is 6.07 Å². The molecule has 1 N–H and O–H groups in total. The van der Waals surface area contributed by atoms with Gasteiger partial charge in [-0.25, -0.2) is 4.39 Å². The van der Waals surface area contributed by atoms with Gasteiger partial charge in [0.1, 0.15) is 5.82 Å². The SMILES string of the molecule is CCNC(CC1CCSCC1)c1cccc(F)c1. The number of nitrogens with one attached hydrogen (secondary N) is 1. The van der Waals surface area contributed by atoms with Gasteiger partial charge in [-0.3, -0.25) is 0 Å². The van der Waals surface area contributed by atoms with E-state index in [4.69, 9.17) is 0 Å². The summed E-state index contributed by atoms with van der Waals surface area (Å²) in [7, 11) is 0. The molecule has 0 aromatic heterocycles. The van der Waals surface area contributed by atoms with Crippen molar-refractivity contribution in [2.45, 2.75) is 32.2 Å². The summed E-state index contributed by atoms with van der Waals surface area (Å²) in [5.74, 6) is 3.23. The molecule has 1 unspecified atom stereocenters. The van der Waals surface area contributed by atoms with Crippen molar-refractivity contribution in [1.82, 2.24) is 5.32 Å². The van der Waals surface area contributed by atoms with E-state index < -0.39 is 0 Å². The van der Waals surface area contributed by atoms with Crippen LogP contribution in [-0.4, -0.2) is 18.1 Å². The largest absolute Gasteiger partial charge is 0.310 e. The van der Waals surface area contributed by atoms with E-state index in [0.717, 1.165) is 24.4 Å². The Morgan fingerprint density at radius 2 is 2.17 bits per heavy atom. The maximum atomic E-state index is 13.3. The van der Waals surface area contributed by atoms with E-state index in [1.165, 1.54) is 30.4 Å². The minimum absolute atomic E-state index is 0.130. The summed E-state index contributed by atoms with van der Waals surface area (Å²) in [4.78, 5) is 0. The Balaban J connectivity index is 2.02. The summed E-state index contributed by atoms with van der Waals surface area (Å²) in [6.07, 6.45) is 3.75. The number of rotatable bonds is 5. The molecular weight excluding hydrogens is 245 g/mol. The van der Waals surface area contributed by atoms with Gasteiger partial charge in [0.25, 0.3) is 0 Å². The number of hydrogen-bond acceptors (Lipinski definition) is 2. The Morgan fingerprint density at radius 1 is 1.39 bits per heavy atom. The average Bonchev–Trinajstić information content (AvgIpc) is 2.39. The second-order valence-electron chi connectivity index (χ2n) is 4.96. The third-order valence-electron chi connectivity index (χ3n) is 3.61. The topological polar surface area (TPSA) is 12.0 Å². The van der Waals surface area contributed by atoms with Crippen LogP contribution in [-0.2, 0) is 0 Å². The van der Waals surface area contributed by atoms with Crippen molar-refractivity contribution in [2.75, 3.05) is 18.1 Å². The third kappa shape index (κ3) is 3.99. The fourth-order valence-electron chi connectivity index (χ4n) is 2.62. The normalized spacial score (nSPS) is 18.8. The van der Waals surface area contributed by atoms with Crippen LogP contribution in [0.3, 0.4) is 0 Å². The zero-order valence-corrected chi connectivity index (χ0v) is 11.8. The van der Waals surface area contributed by atoms with Gasteiger partial charge in [0.2, 0.25) is 0 Å². The van der Waals surface area contributed by atoms with Crippen molar-refractivity contribution >= 4 is 11.8 Å². The quantitative estimate of drug-likeness (QED) is 0.865. The van der Waals surface area contributed by atoms with Crippen LogP contribution in [0.25, 0.3) is 0 Å². The third-order valence-corrected chi connectivity index (χ3v) is 4.66. The minimum atomic E-state index is -0.130. The molecule has 0 spiro atoms. The van der Waals surface area contributed by atoms with Crippen molar-refractivity contribution in [3.63, 3.8) is 0 Å². The van der Waals surface area contributed by atoms with Crippen LogP contribution in [0.1, 0.15) is 37.8 Å². The van der Waals surface area contributed by atoms with E-state index in [0.29, 0.717) is 6.04 Å². The number of benzene rings is 1. The van der Waals surface area contributed by atoms with Gasteiger partial charge in [-0.1, -0.05) is 19.1 Å². The fourth-order valence-corrected chi connectivity index (χ4v) is 3.83. The van der Waals surface area contributed by atoms with Crippen LogP contribution in [0.4, 0.5) is 4.39 Å². The first-order valence-electron chi connectivity index (χ1n) is 6.86. The molecule has 0 amide bonds. The maximum absolute atomic E-state index is 13.3. The number of halogens is 1. The molecule has 1 aromatic carbocycles. The Labute approximate surface area is 114 Å². The first-order chi connectivity index (χ1) is 8.79. The highest BCUT2D eigenvalue weighted by Gasteiger charge is 2.20. The Kier molecular flexibility index (Phi) is 5.51. The summed E-state index contributed by atoms with van der Waals surface area (Å²) in [5.41, 5.74) is 1.09. The second-order valence-corrected chi connectivity index (χ2v) is 6.18. The number of hydrogen-bond donors (Lipinski definition) is 1. The summed E-state index contributed by atoms with van der Waals surface area (Å²) >= 11 is 2.06. The Bertz CT molecular complexity index is 363. The van der Waals surface area contributed by atoms with Crippen molar-refractivity contribution in [1.29, 1.82) is 0 Å². The molecule has 1 atom stereocenters. The van der Waals surface area contributed by atoms with Crippen LogP contribution in [0.15, 0.2) is 24.3 Å². The Hall–Kier alpha value is -0.540. The lowest BCUT2D eigenvalue weighted by Crippen LogP contribution is -2.25. The van der Waals surface area contributed by atoms with Crippen LogP contribution in [0.5, 0.6) is 0 Å². The van der Waals surface area contributed by atoms with E-state index in [-0.39, 0.29) is 5.82 Å². The van der Waals surface area contributed by atoms with Gasteiger partial charge in [-0.05, 0) is 60.9 Å². The molecular formula is C15H22FNS. The smallest absolute Gasteiger partial charge is 0.123 e. The summed E-state index contributed by atoms with van der Waals surface area (Å²) in [6.45, 7) is 3.05. The van der Waals surface area contributed by atoms with Crippen molar-refractivity contribution in [3.8, 4) is 0 Å². The second kappa shape index (κ2) is 7.15. The molecule has 1 aliphatic heterocycles. The molecule has 1 heterocycles. The van der Waals surface area contributed by atoms with Crippen molar-refractivity contribution in [3.05, 3.63) is 35.6 Å². The molecule has 1 nitrogen and oxygen atoms in total. The zero-order valence-electron chi connectivity index (χ0n) is 11.0. The number of thioether (sulfide) groups is 1. The van der Waals surface area contributed by atoms with Gasteiger partial charge < -0.3 is 5.32 Å². The first-order valence-corrected chi connectivity index (χ1v) is 8.01. The molecule has 0 radical (unpaired) electrons. The maximum Gasteiger partial charge on any atom is 0.123 e. The zero-order chi connectivity index (χ0) is 12.8. The van der Waals surface area contributed by atoms with E-state index in [9.17, 15) is 4.39 Å². The van der Waals surface area contributed by atoms with Crippen molar-refractivity contribution < 1.29 is 4.39 Å². The lowest BCUT2D eigenvalue weighted by Gasteiger charge is -2.27. The fraction of sp³-hybridized carbons (Fsp3) is 0.600. The van der Waals surface area contributed by atoms with E-state index in [2.05, 4.69) is 24.0 Å². The molecule has 0 bridgehead atoms. The van der Waals surface area contributed by atoms with Gasteiger partial charge >= 0.3 is 0 Å². The van der Waals surface area contributed by atoms with E-state index >= 15 is 0 Å². The average molecular weight is 267 g/mol. The molecule has 100 valence electrons. The lowest BCUT2D eigenvalue weighted by atomic mass is 9.90. The molecule has 1 fully saturated rings. The standard InChI is InChI=1S/C15H22FNS/c1-2-17-15(10-12-6-8-18-9-7-12)13-4-3-5-14(16)11-13/h3-5,11-12,15,17H,2,6-10H2,1H3. The highest BCUT2D eigenvalue weighted by molar-refractivity contribution is 7.99. The molecule has 2 rings (SSSR count). The van der Waals surface area contributed by atoms with Crippen LogP contribution >= 0.6 is 11.8 Å². The molecule has 1 saturated heterocycles. The first kappa shape index (κ1) is 13.9. The van der Waals surface area contributed by atoms with Crippen LogP contribution < -0.4 is 5.32 Å². The molecule has 1 aliphatic rings. The summed E-state index contributed by atoms with van der Waals surface area (Å²) in [6, 6.07) is 7.34. The summed E-state index contributed by atoms with van der Waals surface area (Å²) < 4.78 is 13.3. The predicted molar refractivity (Wildman–Crippen MR) is 77.5 cm³/mol. The minimum Gasteiger partial charge on any atom is -0.310 e. The lowest BCUT2D eigenvalue weighted by molar-refractivity contribution is 0.373.